The molecule has 0 aliphatic carbocycles. The largest absolute Gasteiger partial charge is 0.360 e. The average molecular weight is 425 g/mol. The van der Waals surface area contributed by atoms with Crippen LogP contribution in [0.5, 0.6) is 0 Å². The molecule has 7 heteroatoms. The third-order valence-corrected chi connectivity index (χ3v) is 6.00. The molecule has 30 heavy (non-hydrogen) atoms. The van der Waals surface area contributed by atoms with Crippen molar-refractivity contribution in [2.45, 2.75) is 52.6 Å². The van der Waals surface area contributed by atoms with Crippen molar-refractivity contribution in [3.05, 3.63) is 41.5 Å². The smallest absolute Gasteiger partial charge is 0.232 e. The zero-order chi connectivity index (χ0) is 21.1. The Labute approximate surface area is 185 Å². The first-order chi connectivity index (χ1) is 14.5. The van der Waals surface area contributed by atoms with Crippen LogP contribution >= 0.6 is 12.2 Å². The molecule has 1 aromatic carbocycles. The molecule has 0 radical (unpaired) electrons. The first-order valence-electron chi connectivity index (χ1n) is 11.0. The van der Waals surface area contributed by atoms with Crippen molar-refractivity contribution in [2.24, 2.45) is 5.92 Å². The van der Waals surface area contributed by atoms with Crippen LogP contribution in [0.25, 0.3) is 0 Å². The predicted octanol–water partition coefficient (Wildman–Crippen LogP) is 3.97. The SMILES string of the molecule is CC(C)NC(=S)Nc1nc(N2CCc3ccccc3C2)cc(N2CCC[C@@H](C)C2)n1. The molecule has 2 aliphatic rings. The predicted molar refractivity (Wildman–Crippen MR) is 128 cm³/mol. The highest BCUT2D eigenvalue weighted by atomic mass is 32.1. The van der Waals surface area contributed by atoms with Gasteiger partial charge in [-0.05, 0) is 62.4 Å². The van der Waals surface area contributed by atoms with E-state index >= 15 is 0 Å². The van der Waals surface area contributed by atoms with E-state index < -0.39 is 0 Å². The summed E-state index contributed by atoms with van der Waals surface area (Å²) in [7, 11) is 0. The van der Waals surface area contributed by atoms with Crippen LogP contribution in [0.2, 0.25) is 0 Å². The molecule has 160 valence electrons. The molecule has 2 N–H and O–H groups in total. The van der Waals surface area contributed by atoms with Crippen LogP contribution in [0.15, 0.2) is 30.3 Å². The number of nitrogens with zero attached hydrogens (tertiary/aromatic N) is 4. The second kappa shape index (κ2) is 9.16. The van der Waals surface area contributed by atoms with Crippen molar-refractivity contribution < 1.29 is 0 Å². The maximum atomic E-state index is 5.45. The highest BCUT2D eigenvalue weighted by Gasteiger charge is 2.23. The quantitative estimate of drug-likeness (QED) is 0.720. The molecule has 0 bridgehead atoms. The van der Waals surface area contributed by atoms with Crippen molar-refractivity contribution in [1.82, 2.24) is 15.3 Å². The Hall–Kier alpha value is -2.41. The monoisotopic (exact) mass is 424 g/mol. The lowest BCUT2D eigenvalue weighted by Gasteiger charge is -2.34. The lowest BCUT2D eigenvalue weighted by atomic mass is 10.00. The molecule has 2 aromatic rings. The van der Waals surface area contributed by atoms with Gasteiger partial charge in [-0.3, -0.25) is 0 Å². The molecular formula is C23H32N6S. The molecule has 0 unspecified atom stereocenters. The van der Waals surface area contributed by atoms with E-state index in [-0.39, 0.29) is 6.04 Å². The van der Waals surface area contributed by atoms with Crippen LogP contribution < -0.4 is 20.4 Å². The fraction of sp³-hybridized carbons (Fsp3) is 0.522. The maximum absolute atomic E-state index is 5.45. The Bertz CT molecular complexity index is 899. The van der Waals surface area contributed by atoms with E-state index in [0.717, 1.165) is 44.2 Å². The number of thiocarbonyl (C=S) groups is 1. The molecule has 0 saturated carbocycles. The van der Waals surface area contributed by atoms with Gasteiger partial charge in [0.05, 0.1) is 0 Å². The Morgan fingerprint density at radius 2 is 1.83 bits per heavy atom. The van der Waals surface area contributed by atoms with E-state index in [9.17, 15) is 0 Å². The summed E-state index contributed by atoms with van der Waals surface area (Å²) in [5, 5.41) is 6.99. The first-order valence-corrected chi connectivity index (χ1v) is 11.4. The number of rotatable bonds is 4. The number of hydrogen-bond acceptors (Lipinski definition) is 5. The van der Waals surface area contributed by atoms with E-state index in [1.54, 1.807) is 0 Å². The van der Waals surface area contributed by atoms with Crippen molar-refractivity contribution in [3.8, 4) is 0 Å². The van der Waals surface area contributed by atoms with Crippen LogP contribution in [-0.2, 0) is 13.0 Å². The third-order valence-electron chi connectivity index (χ3n) is 5.78. The Kier molecular flexibility index (Phi) is 6.37. The highest BCUT2D eigenvalue weighted by Crippen LogP contribution is 2.29. The molecular weight excluding hydrogens is 392 g/mol. The van der Waals surface area contributed by atoms with Crippen LogP contribution in [0.3, 0.4) is 0 Å². The molecule has 1 saturated heterocycles. The maximum Gasteiger partial charge on any atom is 0.232 e. The minimum absolute atomic E-state index is 0.259. The van der Waals surface area contributed by atoms with Crippen LogP contribution in [0, 0.1) is 5.92 Å². The molecule has 3 heterocycles. The van der Waals surface area contributed by atoms with Gasteiger partial charge in [0.25, 0.3) is 0 Å². The Balaban J connectivity index is 1.62. The lowest BCUT2D eigenvalue weighted by Crippen LogP contribution is -2.37. The normalized spacial score (nSPS) is 18.9. The first kappa shape index (κ1) is 20.8. The lowest BCUT2D eigenvalue weighted by molar-refractivity contribution is 0.444. The van der Waals surface area contributed by atoms with Crippen molar-refractivity contribution >= 4 is 34.9 Å². The molecule has 1 atom stereocenters. The van der Waals surface area contributed by atoms with Gasteiger partial charge in [0.1, 0.15) is 11.6 Å². The Morgan fingerprint density at radius 1 is 1.10 bits per heavy atom. The molecule has 0 amide bonds. The number of aromatic nitrogens is 2. The molecule has 1 fully saturated rings. The van der Waals surface area contributed by atoms with Gasteiger partial charge in [-0.25, -0.2) is 0 Å². The van der Waals surface area contributed by atoms with E-state index in [2.05, 4.69) is 71.5 Å². The van der Waals surface area contributed by atoms with Gasteiger partial charge >= 0.3 is 0 Å². The zero-order valence-electron chi connectivity index (χ0n) is 18.2. The number of hydrogen-bond donors (Lipinski definition) is 2. The van der Waals surface area contributed by atoms with E-state index in [1.807, 2.05) is 0 Å². The topological polar surface area (TPSA) is 56.3 Å². The summed E-state index contributed by atoms with van der Waals surface area (Å²) in [6.07, 6.45) is 3.52. The molecule has 1 aromatic heterocycles. The number of fused-ring (bicyclic) bond motifs is 1. The third kappa shape index (κ3) is 5.01. The van der Waals surface area contributed by atoms with Crippen molar-refractivity contribution in [3.63, 3.8) is 0 Å². The molecule has 6 nitrogen and oxygen atoms in total. The second-order valence-corrected chi connectivity index (χ2v) is 9.20. The van der Waals surface area contributed by atoms with Crippen LogP contribution in [0.1, 0.15) is 44.7 Å². The fourth-order valence-corrected chi connectivity index (χ4v) is 4.62. The zero-order valence-corrected chi connectivity index (χ0v) is 19.0. The van der Waals surface area contributed by atoms with Gasteiger partial charge in [-0.2, -0.15) is 9.97 Å². The van der Waals surface area contributed by atoms with Crippen LogP contribution in [-0.4, -0.2) is 40.8 Å². The summed E-state index contributed by atoms with van der Waals surface area (Å²) in [4.78, 5) is 14.4. The summed E-state index contributed by atoms with van der Waals surface area (Å²) < 4.78 is 0. The Morgan fingerprint density at radius 3 is 2.57 bits per heavy atom. The molecule has 2 aliphatic heterocycles. The van der Waals surface area contributed by atoms with Gasteiger partial charge in [0.15, 0.2) is 5.11 Å². The number of anilines is 3. The standard InChI is InChI=1S/C23H32N6S/c1-16(2)24-23(30)27-22-25-20(28-11-6-7-17(3)14-28)13-21(26-22)29-12-10-18-8-4-5-9-19(18)15-29/h4-5,8-9,13,16-17H,6-7,10-12,14-15H2,1-3H3,(H2,24,25,26,27,30)/t17-/m1/s1. The van der Waals surface area contributed by atoms with Gasteiger partial charge in [0.2, 0.25) is 5.95 Å². The van der Waals surface area contributed by atoms with E-state index in [1.165, 1.54) is 24.0 Å². The summed E-state index contributed by atoms with van der Waals surface area (Å²) in [6.45, 7) is 10.4. The van der Waals surface area contributed by atoms with Gasteiger partial charge in [-0.15, -0.1) is 0 Å². The average Bonchev–Trinajstić information content (AvgIpc) is 2.72. The minimum atomic E-state index is 0.259. The van der Waals surface area contributed by atoms with Gasteiger partial charge in [0, 0.05) is 38.3 Å². The molecule has 4 rings (SSSR count). The van der Waals surface area contributed by atoms with Crippen LogP contribution in [0.4, 0.5) is 17.6 Å². The van der Waals surface area contributed by atoms with E-state index in [0.29, 0.717) is 17.0 Å². The highest BCUT2D eigenvalue weighted by molar-refractivity contribution is 7.80. The summed E-state index contributed by atoms with van der Waals surface area (Å²) in [6, 6.07) is 11.1. The summed E-state index contributed by atoms with van der Waals surface area (Å²) in [5.41, 5.74) is 2.82. The fourth-order valence-electron chi connectivity index (χ4n) is 4.29. The molecule has 0 spiro atoms. The number of nitrogens with one attached hydrogen (secondary N) is 2. The summed E-state index contributed by atoms with van der Waals surface area (Å²) >= 11 is 5.45. The summed E-state index contributed by atoms with van der Waals surface area (Å²) in [5.74, 6) is 3.19. The number of benzene rings is 1. The van der Waals surface area contributed by atoms with E-state index in [4.69, 9.17) is 22.2 Å². The number of piperidine rings is 1. The minimum Gasteiger partial charge on any atom is -0.360 e. The van der Waals surface area contributed by atoms with Gasteiger partial charge in [-0.1, -0.05) is 31.2 Å². The second-order valence-electron chi connectivity index (χ2n) is 8.79. The van der Waals surface area contributed by atoms with Crippen molar-refractivity contribution in [2.75, 3.05) is 34.8 Å². The van der Waals surface area contributed by atoms with Crippen molar-refractivity contribution in [1.29, 1.82) is 0 Å². The van der Waals surface area contributed by atoms with Gasteiger partial charge < -0.3 is 20.4 Å².